The standard InChI is InChI=1S/C10H17N3O5S/c1-3-10(2,16)7-12-19(17,18)8-4-11-13(5-8)6-9(14)15/h4-5,12,16H,3,6-7H2,1-2H3,(H,14,15). The fourth-order valence-corrected chi connectivity index (χ4v) is 2.28. The van der Waals surface area contributed by atoms with Gasteiger partial charge < -0.3 is 10.2 Å². The molecule has 0 aliphatic carbocycles. The molecule has 0 fully saturated rings. The molecule has 1 unspecified atom stereocenters. The number of nitrogens with zero attached hydrogens (tertiary/aromatic N) is 2. The molecule has 0 saturated carbocycles. The van der Waals surface area contributed by atoms with Gasteiger partial charge in [0.25, 0.3) is 0 Å². The molecule has 0 spiro atoms. The molecule has 1 atom stereocenters. The summed E-state index contributed by atoms with van der Waals surface area (Å²) in [5.74, 6) is -1.12. The molecule has 1 heterocycles. The second kappa shape index (κ2) is 5.68. The largest absolute Gasteiger partial charge is 0.480 e. The third-order valence-electron chi connectivity index (χ3n) is 2.62. The first-order chi connectivity index (χ1) is 8.66. The van der Waals surface area contributed by atoms with Crippen LogP contribution in [-0.4, -0.2) is 46.5 Å². The molecule has 3 N–H and O–H groups in total. The Kier molecular flexibility index (Phi) is 4.66. The maximum atomic E-state index is 11.9. The molecule has 0 radical (unpaired) electrons. The van der Waals surface area contributed by atoms with Gasteiger partial charge in [0.15, 0.2) is 0 Å². The molecule has 108 valence electrons. The highest BCUT2D eigenvalue weighted by atomic mass is 32.2. The van der Waals surface area contributed by atoms with Crippen molar-refractivity contribution in [3.8, 4) is 0 Å². The van der Waals surface area contributed by atoms with Gasteiger partial charge in [0.1, 0.15) is 11.4 Å². The number of carboxylic acids is 1. The average molecular weight is 291 g/mol. The van der Waals surface area contributed by atoms with Crippen molar-refractivity contribution in [2.45, 2.75) is 37.3 Å². The van der Waals surface area contributed by atoms with E-state index in [1.807, 2.05) is 0 Å². The maximum absolute atomic E-state index is 11.9. The fraction of sp³-hybridized carbons (Fsp3) is 0.600. The summed E-state index contributed by atoms with van der Waals surface area (Å²) in [5.41, 5.74) is -1.13. The maximum Gasteiger partial charge on any atom is 0.325 e. The predicted octanol–water partition coefficient (Wildman–Crippen LogP) is -0.593. The Morgan fingerprint density at radius 2 is 2.21 bits per heavy atom. The highest BCUT2D eigenvalue weighted by Gasteiger charge is 2.23. The summed E-state index contributed by atoms with van der Waals surface area (Å²) in [6.45, 7) is 2.71. The van der Waals surface area contributed by atoms with E-state index in [0.29, 0.717) is 6.42 Å². The van der Waals surface area contributed by atoms with Crippen LogP contribution in [0.5, 0.6) is 0 Å². The van der Waals surface area contributed by atoms with Crippen LogP contribution in [0.2, 0.25) is 0 Å². The molecule has 0 aliphatic heterocycles. The molecular weight excluding hydrogens is 274 g/mol. The number of aromatic nitrogens is 2. The molecule has 0 amide bonds. The lowest BCUT2D eigenvalue weighted by Crippen LogP contribution is -2.39. The number of rotatable bonds is 7. The number of nitrogens with one attached hydrogen (secondary N) is 1. The summed E-state index contributed by atoms with van der Waals surface area (Å²) in [6, 6.07) is 0. The first-order valence-corrected chi connectivity index (χ1v) is 7.11. The smallest absolute Gasteiger partial charge is 0.325 e. The van der Waals surface area contributed by atoms with Crippen molar-refractivity contribution in [1.29, 1.82) is 0 Å². The van der Waals surface area contributed by atoms with Gasteiger partial charge in [-0.2, -0.15) is 5.10 Å². The zero-order valence-corrected chi connectivity index (χ0v) is 11.5. The van der Waals surface area contributed by atoms with Gasteiger partial charge >= 0.3 is 5.97 Å². The monoisotopic (exact) mass is 291 g/mol. The topological polar surface area (TPSA) is 122 Å². The second-order valence-electron chi connectivity index (χ2n) is 4.44. The van der Waals surface area contributed by atoms with Crippen LogP contribution < -0.4 is 4.72 Å². The van der Waals surface area contributed by atoms with Gasteiger partial charge in [-0.3, -0.25) is 9.48 Å². The summed E-state index contributed by atoms with van der Waals surface area (Å²) in [4.78, 5) is 10.3. The van der Waals surface area contributed by atoms with Gasteiger partial charge in [0.05, 0.1) is 11.8 Å². The van der Waals surface area contributed by atoms with Gasteiger partial charge in [0.2, 0.25) is 10.0 Å². The number of sulfonamides is 1. The summed E-state index contributed by atoms with van der Waals surface area (Å²) >= 11 is 0. The lowest BCUT2D eigenvalue weighted by molar-refractivity contribution is -0.137. The highest BCUT2D eigenvalue weighted by molar-refractivity contribution is 7.89. The Hall–Kier alpha value is -1.45. The Labute approximate surface area is 111 Å². The average Bonchev–Trinajstić information content (AvgIpc) is 2.75. The molecule has 19 heavy (non-hydrogen) atoms. The van der Waals surface area contributed by atoms with Crippen molar-refractivity contribution >= 4 is 16.0 Å². The van der Waals surface area contributed by atoms with Crippen molar-refractivity contribution in [2.24, 2.45) is 0 Å². The minimum absolute atomic E-state index is 0.129. The van der Waals surface area contributed by atoms with Crippen molar-refractivity contribution in [3.05, 3.63) is 12.4 Å². The van der Waals surface area contributed by atoms with Gasteiger partial charge in [-0.15, -0.1) is 0 Å². The van der Waals surface area contributed by atoms with Crippen LogP contribution >= 0.6 is 0 Å². The van der Waals surface area contributed by atoms with Crippen LogP contribution in [0.4, 0.5) is 0 Å². The number of aliphatic hydroxyl groups is 1. The van der Waals surface area contributed by atoms with Crippen LogP contribution in [0.3, 0.4) is 0 Å². The van der Waals surface area contributed by atoms with Crippen molar-refractivity contribution in [1.82, 2.24) is 14.5 Å². The van der Waals surface area contributed by atoms with Crippen LogP contribution in [-0.2, 0) is 21.4 Å². The summed E-state index contributed by atoms with van der Waals surface area (Å²) in [7, 11) is -3.80. The van der Waals surface area contributed by atoms with E-state index in [1.165, 1.54) is 6.92 Å². The predicted molar refractivity (Wildman–Crippen MR) is 66.0 cm³/mol. The minimum atomic E-state index is -3.80. The molecule has 8 nitrogen and oxygen atoms in total. The fourth-order valence-electron chi connectivity index (χ4n) is 1.17. The molecule has 0 aromatic carbocycles. The third kappa shape index (κ3) is 4.62. The molecule has 9 heteroatoms. The Morgan fingerprint density at radius 1 is 1.58 bits per heavy atom. The van der Waals surface area contributed by atoms with Gasteiger partial charge in [-0.25, -0.2) is 13.1 Å². The van der Waals surface area contributed by atoms with E-state index < -0.39 is 28.1 Å². The molecule has 1 rings (SSSR count). The van der Waals surface area contributed by atoms with E-state index >= 15 is 0 Å². The Morgan fingerprint density at radius 3 is 2.74 bits per heavy atom. The Balaban J connectivity index is 2.78. The number of carbonyl (C=O) groups is 1. The zero-order valence-electron chi connectivity index (χ0n) is 10.7. The van der Waals surface area contributed by atoms with Crippen molar-refractivity contribution < 1.29 is 23.4 Å². The first kappa shape index (κ1) is 15.6. The molecule has 0 saturated heterocycles. The third-order valence-corrected chi connectivity index (χ3v) is 3.98. The normalized spacial score (nSPS) is 15.1. The summed E-state index contributed by atoms with van der Waals surface area (Å²) < 4.78 is 27.0. The number of carboxylic acid groups (broad SMARTS) is 1. The zero-order chi connectivity index (χ0) is 14.7. The number of aliphatic carboxylic acids is 1. The number of hydrogen-bond donors (Lipinski definition) is 3. The van der Waals surface area contributed by atoms with E-state index in [1.54, 1.807) is 6.92 Å². The van der Waals surface area contributed by atoms with Crippen LogP contribution in [0, 0.1) is 0 Å². The van der Waals surface area contributed by atoms with Crippen LogP contribution in [0.25, 0.3) is 0 Å². The molecule has 1 aromatic rings. The van der Waals surface area contributed by atoms with Gasteiger partial charge in [0, 0.05) is 12.7 Å². The second-order valence-corrected chi connectivity index (χ2v) is 6.21. The summed E-state index contributed by atoms with van der Waals surface area (Å²) in [6.07, 6.45) is 2.58. The Bertz CT molecular complexity index is 549. The molecule has 0 aliphatic rings. The van der Waals surface area contributed by atoms with Gasteiger partial charge in [-0.1, -0.05) is 6.92 Å². The minimum Gasteiger partial charge on any atom is -0.480 e. The quantitative estimate of drug-likeness (QED) is 0.617. The van der Waals surface area contributed by atoms with E-state index in [9.17, 15) is 18.3 Å². The van der Waals surface area contributed by atoms with E-state index in [-0.39, 0.29) is 11.4 Å². The molecular formula is C10H17N3O5S. The van der Waals surface area contributed by atoms with Crippen LogP contribution in [0.1, 0.15) is 20.3 Å². The van der Waals surface area contributed by atoms with E-state index in [4.69, 9.17) is 5.11 Å². The lowest BCUT2D eigenvalue weighted by atomic mass is 10.1. The van der Waals surface area contributed by atoms with E-state index in [0.717, 1.165) is 17.1 Å². The first-order valence-electron chi connectivity index (χ1n) is 5.62. The van der Waals surface area contributed by atoms with Crippen LogP contribution in [0.15, 0.2) is 17.3 Å². The van der Waals surface area contributed by atoms with Gasteiger partial charge in [-0.05, 0) is 13.3 Å². The highest BCUT2D eigenvalue weighted by Crippen LogP contribution is 2.11. The number of hydrogen-bond acceptors (Lipinski definition) is 5. The molecule has 1 aromatic heterocycles. The van der Waals surface area contributed by atoms with Crippen molar-refractivity contribution in [2.75, 3.05) is 6.54 Å². The van der Waals surface area contributed by atoms with E-state index in [2.05, 4.69) is 9.82 Å². The SMILES string of the molecule is CCC(C)(O)CNS(=O)(=O)c1cnn(CC(=O)O)c1. The lowest BCUT2D eigenvalue weighted by Gasteiger charge is -2.21. The summed E-state index contributed by atoms with van der Waals surface area (Å²) in [5, 5.41) is 21.9. The molecule has 0 bridgehead atoms. The van der Waals surface area contributed by atoms with Crippen molar-refractivity contribution in [3.63, 3.8) is 0 Å².